The monoisotopic (exact) mass is 252 g/mol. The van der Waals surface area contributed by atoms with Crippen LogP contribution >= 0.6 is 0 Å². The van der Waals surface area contributed by atoms with E-state index in [1.165, 1.54) is 0 Å². The van der Waals surface area contributed by atoms with Crippen LogP contribution in [0.1, 0.15) is 36.5 Å². The Kier molecular flexibility index (Phi) is 5.98. The third-order valence-corrected chi connectivity index (χ3v) is 2.90. The van der Waals surface area contributed by atoms with Gasteiger partial charge in [-0.1, -0.05) is 50.1 Å². The molecule has 0 aromatic heterocycles. The molecule has 4 heteroatoms. The standard InChI is InChI=1S/C14H20O4/c1-2-3-9-11(15)13(17)14(18)12(16)10-7-5-4-6-8-10/h4-8,11,13-15,17-18H,2-3,9H2,1H3. The number of carbonyl (C=O) groups is 1. The van der Waals surface area contributed by atoms with Gasteiger partial charge in [-0.15, -0.1) is 0 Å². The fourth-order valence-electron chi connectivity index (χ4n) is 1.72. The molecule has 0 heterocycles. The van der Waals surface area contributed by atoms with Gasteiger partial charge in [-0.05, 0) is 6.42 Å². The number of ketones is 1. The van der Waals surface area contributed by atoms with Crippen molar-refractivity contribution in [1.29, 1.82) is 0 Å². The van der Waals surface area contributed by atoms with Crippen LogP contribution in [0.3, 0.4) is 0 Å². The van der Waals surface area contributed by atoms with Crippen LogP contribution in [0, 0.1) is 0 Å². The minimum Gasteiger partial charge on any atom is -0.390 e. The lowest BCUT2D eigenvalue weighted by molar-refractivity contribution is -0.0500. The zero-order chi connectivity index (χ0) is 13.5. The van der Waals surface area contributed by atoms with Crippen molar-refractivity contribution in [3.63, 3.8) is 0 Å². The van der Waals surface area contributed by atoms with Gasteiger partial charge in [0.2, 0.25) is 0 Å². The Bertz CT molecular complexity index is 363. The summed E-state index contributed by atoms with van der Waals surface area (Å²) in [6.07, 6.45) is -2.11. The Morgan fingerprint density at radius 2 is 1.78 bits per heavy atom. The molecule has 3 atom stereocenters. The number of rotatable bonds is 7. The van der Waals surface area contributed by atoms with Crippen molar-refractivity contribution in [2.45, 2.75) is 44.5 Å². The lowest BCUT2D eigenvalue weighted by atomic mass is 9.96. The van der Waals surface area contributed by atoms with Gasteiger partial charge in [0.1, 0.15) is 12.2 Å². The van der Waals surface area contributed by atoms with Gasteiger partial charge < -0.3 is 15.3 Å². The molecule has 1 rings (SSSR count). The highest BCUT2D eigenvalue weighted by atomic mass is 16.4. The average Bonchev–Trinajstić information content (AvgIpc) is 2.43. The van der Waals surface area contributed by atoms with Gasteiger partial charge >= 0.3 is 0 Å². The molecule has 1 aromatic carbocycles. The number of Topliss-reactive ketones (excluding diaryl/α,β-unsaturated/α-hetero) is 1. The maximum absolute atomic E-state index is 11.8. The molecule has 0 aliphatic rings. The van der Waals surface area contributed by atoms with Gasteiger partial charge in [0, 0.05) is 5.56 Å². The van der Waals surface area contributed by atoms with Crippen molar-refractivity contribution in [3.8, 4) is 0 Å². The molecule has 18 heavy (non-hydrogen) atoms. The van der Waals surface area contributed by atoms with E-state index in [-0.39, 0.29) is 0 Å². The number of unbranched alkanes of at least 4 members (excludes halogenated alkanes) is 1. The quantitative estimate of drug-likeness (QED) is 0.636. The molecule has 0 spiro atoms. The van der Waals surface area contributed by atoms with Crippen molar-refractivity contribution in [2.24, 2.45) is 0 Å². The highest BCUT2D eigenvalue weighted by molar-refractivity contribution is 5.99. The van der Waals surface area contributed by atoms with E-state index in [0.29, 0.717) is 12.0 Å². The molecule has 1 aromatic rings. The second-order valence-corrected chi connectivity index (χ2v) is 4.38. The molecule has 100 valence electrons. The van der Waals surface area contributed by atoms with Crippen LogP contribution in [-0.4, -0.2) is 39.4 Å². The maximum atomic E-state index is 11.8. The van der Waals surface area contributed by atoms with Gasteiger partial charge in [0.25, 0.3) is 0 Å². The Balaban J connectivity index is 2.63. The summed E-state index contributed by atoms with van der Waals surface area (Å²) < 4.78 is 0. The van der Waals surface area contributed by atoms with E-state index < -0.39 is 24.1 Å². The van der Waals surface area contributed by atoms with Crippen LogP contribution in [0.2, 0.25) is 0 Å². The number of carbonyl (C=O) groups excluding carboxylic acids is 1. The molecular formula is C14H20O4. The molecular weight excluding hydrogens is 232 g/mol. The van der Waals surface area contributed by atoms with Crippen LogP contribution in [0.4, 0.5) is 0 Å². The van der Waals surface area contributed by atoms with Crippen LogP contribution in [0.15, 0.2) is 30.3 Å². The number of hydrogen-bond acceptors (Lipinski definition) is 4. The van der Waals surface area contributed by atoms with Crippen LogP contribution in [0.25, 0.3) is 0 Å². The smallest absolute Gasteiger partial charge is 0.194 e. The summed E-state index contributed by atoms with van der Waals surface area (Å²) in [4.78, 5) is 11.8. The summed E-state index contributed by atoms with van der Waals surface area (Å²) in [5, 5.41) is 29.1. The Morgan fingerprint density at radius 3 is 2.33 bits per heavy atom. The highest BCUT2D eigenvalue weighted by Gasteiger charge is 2.30. The fraction of sp³-hybridized carbons (Fsp3) is 0.500. The Morgan fingerprint density at radius 1 is 1.17 bits per heavy atom. The largest absolute Gasteiger partial charge is 0.390 e. The normalized spacial score (nSPS) is 16.0. The summed E-state index contributed by atoms with van der Waals surface area (Å²) in [5.41, 5.74) is 0.326. The molecule has 0 amide bonds. The predicted molar refractivity (Wildman–Crippen MR) is 68.3 cm³/mol. The van der Waals surface area contributed by atoms with E-state index >= 15 is 0 Å². The molecule has 0 radical (unpaired) electrons. The van der Waals surface area contributed by atoms with E-state index in [0.717, 1.165) is 12.8 Å². The van der Waals surface area contributed by atoms with E-state index in [9.17, 15) is 20.1 Å². The van der Waals surface area contributed by atoms with Gasteiger partial charge in [-0.25, -0.2) is 0 Å². The molecule has 3 N–H and O–H groups in total. The molecule has 3 unspecified atom stereocenters. The first-order valence-electron chi connectivity index (χ1n) is 6.21. The second-order valence-electron chi connectivity index (χ2n) is 4.38. The van der Waals surface area contributed by atoms with E-state index in [1.54, 1.807) is 30.3 Å². The summed E-state index contributed by atoms with van der Waals surface area (Å²) >= 11 is 0. The van der Waals surface area contributed by atoms with Gasteiger partial charge in [0.05, 0.1) is 6.10 Å². The van der Waals surface area contributed by atoms with Crippen molar-refractivity contribution in [3.05, 3.63) is 35.9 Å². The highest BCUT2D eigenvalue weighted by Crippen LogP contribution is 2.12. The number of benzene rings is 1. The van der Waals surface area contributed by atoms with Crippen LogP contribution < -0.4 is 0 Å². The molecule has 0 aliphatic heterocycles. The van der Waals surface area contributed by atoms with Crippen molar-refractivity contribution >= 4 is 5.78 Å². The minimum atomic E-state index is -1.58. The molecule has 0 aliphatic carbocycles. The first kappa shape index (κ1) is 14.8. The third-order valence-electron chi connectivity index (χ3n) is 2.90. The fourth-order valence-corrected chi connectivity index (χ4v) is 1.72. The van der Waals surface area contributed by atoms with Crippen LogP contribution in [0.5, 0.6) is 0 Å². The lowest BCUT2D eigenvalue weighted by Crippen LogP contribution is -2.42. The van der Waals surface area contributed by atoms with E-state index in [4.69, 9.17) is 0 Å². The molecule has 0 saturated heterocycles. The number of aliphatic hydroxyl groups is 3. The number of hydrogen-bond donors (Lipinski definition) is 3. The lowest BCUT2D eigenvalue weighted by Gasteiger charge is -2.21. The zero-order valence-electron chi connectivity index (χ0n) is 10.5. The topological polar surface area (TPSA) is 77.8 Å². The SMILES string of the molecule is CCCCC(O)C(O)C(O)C(=O)c1ccccc1. The van der Waals surface area contributed by atoms with Crippen molar-refractivity contribution in [2.75, 3.05) is 0 Å². The average molecular weight is 252 g/mol. The Hall–Kier alpha value is -1.23. The van der Waals surface area contributed by atoms with Gasteiger partial charge in [-0.2, -0.15) is 0 Å². The predicted octanol–water partition coefficient (Wildman–Crippen LogP) is 1.14. The zero-order valence-corrected chi connectivity index (χ0v) is 10.5. The minimum absolute atomic E-state index is 0.326. The molecule has 0 bridgehead atoms. The second kappa shape index (κ2) is 7.26. The number of aliphatic hydroxyl groups excluding tert-OH is 3. The summed E-state index contributed by atoms with van der Waals surface area (Å²) in [5.74, 6) is -0.571. The van der Waals surface area contributed by atoms with E-state index in [1.807, 2.05) is 6.92 Å². The molecule has 0 saturated carbocycles. The van der Waals surface area contributed by atoms with Crippen LogP contribution in [-0.2, 0) is 0 Å². The Labute approximate surface area is 107 Å². The molecule has 4 nitrogen and oxygen atoms in total. The summed E-state index contributed by atoms with van der Waals surface area (Å²) in [6.45, 7) is 1.96. The summed E-state index contributed by atoms with van der Waals surface area (Å²) in [6, 6.07) is 8.25. The first-order chi connectivity index (χ1) is 8.57. The first-order valence-corrected chi connectivity index (χ1v) is 6.21. The van der Waals surface area contributed by atoms with Gasteiger partial charge in [-0.3, -0.25) is 4.79 Å². The maximum Gasteiger partial charge on any atom is 0.194 e. The summed E-state index contributed by atoms with van der Waals surface area (Å²) in [7, 11) is 0. The molecule has 0 fully saturated rings. The van der Waals surface area contributed by atoms with Gasteiger partial charge in [0.15, 0.2) is 5.78 Å². The third kappa shape index (κ3) is 3.91. The van der Waals surface area contributed by atoms with Crippen molar-refractivity contribution in [1.82, 2.24) is 0 Å². The van der Waals surface area contributed by atoms with Crippen molar-refractivity contribution < 1.29 is 20.1 Å². The van der Waals surface area contributed by atoms with E-state index in [2.05, 4.69) is 0 Å².